The number of ether oxygens (including phenoxy) is 1. The van der Waals surface area contributed by atoms with E-state index in [0.717, 1.165) is 17.5 Å². The van der Waals surface area contributed by atoms with Crippen LogP contribution >= 0.6 is 0 Å². The Morgan fingerprint density at radius 1 is 1.00 bits per heavy atom. The Kier molecular flexibility index (Phi) is 12.0. The number of carbonyl (C=O) groups is 4. The van der Waals surface area contributed by atoms with E-state index in [2.05, 4.69) is 16.0 Å². The molecule has 10 heteroatoms. The van der Waals surface area contributed by atoms with Gasteiger partial charge in [-0.15, -0.1) is 0 Å². The minimum Gasteiger partial charge on any atom is -0.488 e. The predicted octanol–water partition coefficient (Wildman–Crippen LogP) is 3.37. The Morgan fingerprint density at radius 3 is 2.33 bits per heavy atom. The summed E-state index contributed by atoms with van der Waals surface area (Å²) >= 11 is 0. The average Bonchev–Trinajstić information content (AvgIpc) is 3.46. The van der Waals surface area contributed by atoms with Gasteiger partial charge in [0.15, 0.2) is 0 Å². The molecule has 0 radical (unpaired) electrons. The zero-order chi connectivity index (χ0) is 33.4. The Hall–Kier alpha value is -4.18. The van der Waals surface area contributed by atoms with E-state index >= 15 is 0 Å². The molecule has 7 atom stereocenters. The Balaban J connectivity index is 1.70. The molecule has 0 unspecified atom stereocenters. The summed E-state index contributed by atoms with van der Waals surface area (Å²) in [5.74, 6) is -0.944. The summed E-state index contributed by atoms with van der Waals surface area (Å²) in [4.78, 5) is 59.1. The van der Waals surface area contributed by atoms with Crippen molar-refractivity contribution in [3.63, 3.8) is 0 Å². The van der Waals surface area contributed by atoms with Crippen molar-refractivity contribution in [1.29, 1.82) is 0 Å². The molecule has 2 aromatic rings. The fourth-order valence-corrected chi connectivity index (χ4v) is 6.26. The topological polar surface area (TPSA) is 120 Å². The van der Waals surface area contributed by atoms with Crippen LogP contribution in [-0.4, -0.2) is 84.3 Å². The van der Waals surface area contributed by atoms with Gasteiger partial charge in [-0.3, -0.25) is 24.1 Å². The largest absolute Gasteiger partial charge is 0.488 e. The van der Waals surface area contributed by atoms with Gasteiger partial charge in [-0.25, -0.2) is 0 Å². The van der Waals surface area contributed by atoms with Crippen molar-refractivity contribution < 1.29 is 23.9 Å². The van der Waals surface area contributed by atoms with Crippen molar-refractivity contribution in [3.05, 3.63) is 71.9 Å². The summed E-state index contributed by atoms with van der Waals surface area (Å²) < 4.78 is 6.36. The molecule has 1 saturated heterocycles. The maximum Gasteiger partial charge on any atom is 0.247 e. The quantitative estimate of drug-likeness (QED) is 0.370. The number of amides is 4. The normalized spacial score (nSPS) is 23.2. The predicted molar refractivity (Wildman–Crippen MR) is 179 cm³/mol. The molecule has 3 heterocycles. The fraction of sp³-hybridized carbons (Fsp3) is 0.500. The number of benzene rings is 2. The maximum absolute atomic E-state index is 14.5. The molecule has 0 spiro atoms. The van der Waals surface area contributed by atoms with Crippen LogP contribution in [0.5, 0.6) is 5.75 Å². The second-order valence-electron chi connectivity index (χ2n) is 12.7. The van der Waals surface area contributed by atoms with Crippen LogP contribution in [0, 0.1) is 11.8 Å². The minimum atomic E-state index is -1.01. The second-order valence-corrected chi connectivity index (χ2v) is 12.7. The van der Waals surface area contributed by atoms with Gasteiger partial charge in [-0.05, 0) is 55.3 Å². The highest BCUT2D eigenvalue weighted by atomic mass is 16.5. The standard InChI is InChI=1S/C36H49N5O5/c1-7-23(3)30-33(42)37-20-18-25-14-16-27(17-15-25)46-29-19-21-41(32(29)35(44)39-30)36(45)28(22-26-12-10-9-11-13-26)38-34(43)31(40(5)6)24(4)8-2/h9-18,20,23-24,28-32H,7-8,19,21-22H2,1-6H3,(H,37,42)(H,38,43)(H,39,44)/b20-18-/t23-,24-,28-,29-,30-,31-,32-/m0/s1. The van der Waals surface area contributed by atoms with Crippen molar-refractivity contribution >= 4 is 29.7 Å². The summed E-state index contributed by atoms with van der Waals surface area (Å²) in [6.45, 7) is 8.18. The van der Waals surface area contributed by atoms with E-state index in [-0.39, 0.29) is 42.5 Å². The number of fused-ring (bicyclic) bond motifs is 7. The van der Waals surface area contributed by atoms with E-state index in [1.165, 1.54) is 4.90 Å². The van der Waals surface area contributed by atoms with Gasteiger partial charge in [0.25, 0.3) is 0 Å². The molecule has 3 N–H and O–H groups in total. The highest BCUT2D eigenvalue weighted by Crippen LogP contribution is 2.27. The number of hydrogen-bond donors (Lipinski definition) is 3. The van der Waals surface area contributed by atoms with Gasteiger partial charge in [0.1, 0.15) is 30.0 Å². The lowest BCUT2D eigenvalue weighted by molar-refractivity contribution is -0.144. The first-order valence-corrected chi connectivity index (χ1v) is 16.4. The zero-order valence-electron chi connectivity index (χ0n) is 27.9. The molecule has 2 aromatic carbocycles. The highest BCUT2D eigenvalue weighted by Gasteiger charge is 2.46. The van der Waals surface area contributed by atoms with Crippen LogP contribution in [-0.2, 0) is 25.6 Å². The molecule has 248 valence electrons. The molecule has 2 bridgehead atoms. The molecule has 0 aliphatic carbocycles. The Morgan fingerprint density at radius 2 is 1.70 bits per heavy atom. The number of likely N-dealkylation sites (N-methyl/N-ethyl adjacent to an activating group) is 1. The first kappa shape index (κ1) is 34.7. The third-order valence-corrected chi connectivity index (χ3v) is 9.26. The lowest BCUT2D eigenvalue weighted by atomic mass is 9.96. The average molecular weight is 632 g/mol. The van der Waals surface area contributed by atoms with Gasteiger partial charge in [0.2, 0.25) is 23.6 Å². The van der Waals surface area contributed by atoms with Crippen LogP contribution in [0.15, 0.2) is 60.8 Å². The Bertz CT molecular complexity index is 1380. The van der Waals surface area contributed by atoms with Gasteiger partial charge in [0.05, 0.1) is 6.04 Å². The molecule has 1 fully saturated rings. The number of carbonyl (C=O) groups excluding carboxylic acids is 4. The van der Waals surface area contributed by atoms with Gasteiger partial charge < -0.3 is 25.6 Å². The van der Waals surface area contributed by atoms with Gasteiger partial charge >= 0.3 is 0 Å². The monoisotopic (exact) mass is 631 g/mol. The Labute approximate surface area is 272 Å². The number of nitrogens with one attached hydrogen (secondary N) is 3. The lowest BCUT2D eigenvalue weighted by Crippen LogP contribution is -2.61. The smallest absolute Gasteiger partial charge is 0.247 e. The second kappa shape index (κ2) is 15.9. The van der Waals surface area contributed by atoms with Crippen LogP contribution in [0.1, 0.15) is 58.1 Å². The van der Waals surface area contributed by atoms with E-state index in [9.17, 15) is 19.2 Å². The molecule has 0 saturated carbocycles. The van der Waals surface area contributed by atoms with E-state index in [0.29, 0.717) is 18.6 Å². The third-order valence-electron chi connectivity index (χ3n) is 9.26. The van der Waals surface area contributed by atoms with E-state index in [1.807, 2.05) is 101 Å². The first-order valence-electron chi connectivity index (χ1n) is 16.4. The maximum atomic E-state index is 14.5. The van der Waals surface area contributed by atoms with Crippen molar-refractivity contribution in [2.24, 2.45) is 11.8 Å². The van der Waals surface area contributed by atoms with Crippen molar-refractivity contribution in [1.82, 2.24) is 25.8 Å². The molecule has 5 rings (SSSR count). The van der Waals surface area contributed by atoms with E-state index in [1.54, 1.807) is 12.3 Å². The molecular formula is C36H49N5O5. The minimum absolute atomic E-state index is 0.0577. The van der Waals surface area contributed by atoms with Gasteiger partial charge in [-0.2, -0.15) is 0 Å². The SMILES string of the molecule is CC[C@H](C)[C@@H]1NC(=O)[C@@H]2[C@H](CCN2C(=O)[C@H](Cc2ccccc2)NC(=O)[C@H]([C@@H](C)CC)N(C)C)Oc2ccc(cc2)/C=C\NC1=O. The zero-order valence-corrected chi connectivity index (χ0v) is 27.9. The fourth-order valence-electron chi connectivity index (χ4n) is 6.26. The summed E-state index contributed by atoms with van der Waals surface area (Å²) in [6, 6.07) is 13.7. The number of hydrogen-bond acceptors (Lipinski definition) is 6. The molecule has 46 heavy (non-hydrogen) atoms. The summed E-state index contributed by atoms with van der Waals surface area (Å²) in [7, 11) is 3.72. The van der Waals surface area contributed by atoms with E-state index < -0.39 is 36.2 Å². The van der Waals surface area contributed by atoms with Crippen LogP contribution in [0.2, 0.25) is 0 Å². The van der Waals surface area contributed by atoms with E-state index in [4.69, 9.17) is 4.74 Å². The summed E-state index contributed by atoms with van der Waals surface area (Å²) in [5.41, 5.74) is 1.76. The number of likely N-dealkylation sites (tertiary alicyclic amines) is 1. The van der Waals surface area contributed by atoms with Crippen LogP contribution in [0.3, 0.4) is 0 Å². The van der Waals surface area contributed by atoms with Crippen molar-refractivity contribution in [2.75, 3.05) is 20.6 Å². The molecule has 4 amide bonds. The first-order chi connectivity index (χ1) is 22.0. The molecule has 3 aliphatic rings. The lowest BCUT2D eigenvalue weighted by Gasteiger charge is -2.34. The van der Waals surface area contributed by atoms with Gasteiger partial charge in [-0.1, -0.05) is 83.0 Å². The highest BCUT2D eigenvalue weighted by molar-refractivity contribution is 5.96. The van der Waals surface area contributed by atoms with Crippen molar-refractivity contribution in [3.8, 4) is 5.75 Å². The number of rotatable bonds is 10. The third kappa shape index (κ3) is 8.34. The van der Waals surface area contributed by atoms with Gasteiger partial charge in [0, 0.05) is 25.6 Å². The number of nitrogens with zero attached hydrogens (tertiary/aromatic N) is 2. The van der Waals surface area contributed by atoms with Crippen LogP contribution < -0.4 is 20.7 Å². The molecular weight excluding hydrogens is 582 g/mol. The van der Waals surface area contributed by atoms with Crippen LogP contribution in [0.25, 0.3) is 6.08 Å². The summed E-state index contributed by atoms with van der Waals surface area (Å²) in [5, 5.41) is 8.81. The molecule has 10 nitrogen and oxygen atoms in total. The molecule has 0 aromatic heterocycles. The molecule has 3 aliphatic heterocycles. The summed E-state index contributed by atoms with van der Waals surface area (Å²) in [6.07, 6.45) is 4.81. The van der Waals surface area contributed by atoms with Crippen molar-refractivity contribution in [2.45, 2.75) is 83.6 Å². The van der Waals surface area contributed by atoms with Crippen LogP contribution in [0.4, 0.5) is 0 Å².